The average molecular weight is 456 g/mol. The number of halogens is 1. The molecule has 2 amide bonds. The fourth-order valence-corrected chi connectivity index (χ4v) is 3.58. The van der Waals surface area contributed by atoms with Crippen LogP contribution in [0.3, 0.4) is 0 Å². The molecule has 1 aromatic heterocycles. The van der Waals surface area contributed by atoms with Crippen molar-refractivity contribution in [3.8, 4) is 11.5 Å². The van der Waals surface area contributed by atoms with Crippen LogP contribution in [0.15, 0.2) is 60.0 Å². The largest absolute Gasteiger partial charge is 0.497 e. The molecule has 1 heterocycles. The third kappa shape index (κ3) is 6.14. The lowest BCUT2D eigenvalue weighted by atomic mass is 10.3. The first-order valence-corrected chi connectivity index (χ1v) is 10.6. The molecule has 0 bridgehead atoms. The van der Waals surface area contributed by atoms with Gasteiger partial charge in [0, 0.05) is 18.4 Å². The number of thiazole rings is 1. The summed E-state index contributed by atoms with van der Waals surface area (Å²) in [5, 5.41) is 4.71. The second-order valence-electron chi connectivity index (χ2n) is 6.51. The van der Waals surface area contributed by atoms with Gasteiger partial charge in [-0.2, -0.15) is 0 Å². The van der Waals surface area contributed by atoms with E-state index in [0.29, 0.717) is 29.7 Å². The molecule has 32 heavy (non-hydrogen) atoms. The first-order chi connectivity index (χ1) is 15.5. The van der Waals surface area contributed by atoms with Crippen molar-refractivity contribution in [2.24, 2.45) is 0 Å². The Morgan fingerprint density at radius 1 is 1.16 bits per heavy atom. The van der Waals surface area contributed by atoms with Crippen molar-refractivity contribution in [3.63, 3.8) is 0 Å². The molecule has 0 saturated heterocycles. The summed E-state index contributed by atoms with van der Waals surface area (Å²) in [4.78, 5) is 29.6. The minimum atomic E-state index is -0.522. The van der Waals surface area contributed by atoms with Gasteiger partial charge in [0.1, 0.15) is 23.9 Å². The molecule has 7 nitrogen and oxygen atoms in total. The Bertz CT molecular complexity index is 1100. The van der Waals surface area contributed by atoms with E-state index in [4.69, 9.17) is 9.47 Å². The van der Waals surface area contributed by atoms with Gasteiger partial charge in [-0.1, -0.05) is 12.1 Å². The van der Waals surface area contributed by atoms with Crippen LogP contribution in [0.4, 0.5) is 15.2 Å². The molecule has 0 spiro atoms. The van der Waals surface area contributed by atoms with Crippen LogP contribution in [0.2, 0.25) is 0 Å². The Labute approximate surface area is 189 Å². The summed E-state index contributed by atoms with van der Waals surface area (Å²) in [5.41, 5.74) is 0.608. The summed E-state index contributed by atoms with van der Waals surface area (Å²) in [6, 6.07) is 13.1. The zero-order valence-corrected chi connectivity index (χ0v) is 18.4. The SMILES string of the molecule is COc1ccc(OCCNC(=O)/C=C/c2csc(N(C(C)=O)c3ccccc3F)n2)cc1. The van der Waals surface area contributed by atoms with E-state index in [1.807, 2.05) is 0 Å². The maximum Gasteiger partial charge on any atom is 0.244 e. The average Bonchev–Trinajstić information content (AvgIpc) is 3.25. The number of amides is 2. The standard InChI is InChI=1S/C23H22FN3O4S/c1-16(28)27(21-6-4-3-5-20(21)24)23-26-17(15-32-23)7-12-22(29)25-13-14-31-19-10-8-18(30-2)9-11-19/h3-12,15H,13-14H2,1-2H3,(H,25,29)/b12-7+. The van der Waals surface area contributed by atoms with Gasteiger partial charge in [-0.15, -0.1) is 11.3 Å². The summed E-state index contributed by atoms with van der Waals surface area (Å²) >= 11 is 1.18. The highest BCUT2D eigenvalue weighted by atomic mass is 32.1. The molecule has 0 unspecified atom stereocenters. The summed E-state index contributed by atoms with van der Waals surface area (Å²) < 4.78 is 24.8. The van der Waals surface area contributed by atoms with E-state index in [1.165, 1.54) is 47.4 Å². The lowest BCUT2D eigenvalue weighted by Crippen LogP contribution is -2.26. The molecule has 3 rings (SSSR count). The summed E-state index contributed by atoms with van der Waals surface area (Å²) in [7, 11) is 1.59. The van der Waals surface area contributed by atoms with Crippen LogP contribution in [0.5, 0.6) is 11.5 Å². The van der Waals surface area contributed by atoms with E-state index < -0.39 is 5.82 Å². The minimum Gasteiger partial charge on any atom is -0.497 e. The van der Waals surface area contributed by atoms with Crippen LogP contribution < -0.4 is 19.7 Å². The van der Waals surface area contributed by atoms with Gasteiger partial charge in [-0.25, -0.2) is 9.37 Å². The lowest BCUT2D eigenvalue weighted by Gasteiger charge is -2.18. The van der Waals surface area contributed by atoms with Crippen LogP contribution in [0.1, 0.15) is 12.6 Å². The number of aromatic nitrogens is 1. The van der Waals surface area contributed by atoms with E-state index in [2.05, 4.69) is 10.3 Å². The second kappa shape index (κ2) is 11.1. The predicted octanol–water partition coefficient (Wildman–Crippen LogP) is 4.18. The summed E-state index contributed by atoms with van der Waals surface area (Å²) in [6.07, 6.45) is 2.87. The molecular weight excluding hydrogens is 433 g/mol. The molecular formula is C23H22FN3O4S. The van der Waals surface area contributed by atoms with Gasteiger partial charge in [0.25, 0.3) is 0 Å². The summed E-state index contributed by atoms with van der Waals surface area (Å²) in [6.45, 7) is 1.97. The minimum absolute atomic E-state index is 0.125. The number of nitrogens with one attached hydrogen (secondary N) is 1. The Balaban J connectivity index is 1.52. The molecule has 0 aliphatic rings. The number of carbonyl (C=O) groups excluding carboxylic acids is 2. The fraction of sp³-hybridized carbons (Fsp3) is 0.174. The number of rotatable bonds is 9. The highest BCUT2D eigenvalue weighted by Crippen LogP contribution is 2.30. The maximum absolute atomic E-state index is 14.1. The zero-order valence-electron chi connectivity index (χ0n) is 17.6. The molecule has 0 aliphatic heterocycles. The normalized spacial score (nSPS) is 10.7. The number of hydrogen-bond acceptors (Lipinski definition) is 6. The smallest absolute Gasteiger partial charge is 0.244 e. The van der Waals surface area contributed by atoms with E-state index in [1.54, 1.807) is 48.9 Å². The van der Waals surface area contributed by atoms with Crippen LogP contribution >= 0.6 is 11.3 Å². The highest BCUT2D eigenvalue weighted by molar-refractivity contribution is 7.14. The van der Waals surface area contributed by atoms with Gasteiger partial charge < -0.3 is 14.8 Å². The number of carbonyl (C=O) groups is 2. The van der Waals surface area contributed by atoms with Crippen molar-refractivity contribution in [3.05, 3.63) is 71.5 Å². The third-order valence-corrected chi connectivity index (χ3v) is 5.09. The topological polar surface area (TPSA) is 80.8 Å². The van der Waals surface area contributed by atoms with Crippen LogP contribution in [-0.4, -0.2) is 37.1 Å². The van der Waals surface area contributed by atoms with Gasteiger partial charge in [-0.3, -0.25) is 14.5 Å². The number of nitrogens with zero attached hydrogens (tertiary/aromatic N) is 2. The lowest BCUT2D eigenvalue weighted by molar-refractivity contribution is -0.117. The van der Waals surface area contributed by atoms with Gasteiger partial charge in [0.15, 0.2) is 5.13 Å². The van der Waals surface area contributed by atoms with Crippen LogP contribution in [0.25, 0.3) is 6.08 Å². The molecule has 0 saturated carbocycles. The second-order valence-corrected chi connectivity index (χ2v) is 7.35. The Morgan fingerprint density at radius 3 is 2.56 bits per heavy atom. The quantitative estimate of drug-likeness (QED) is 0.387. The molecule has 0 aliphatic carbocycles. The Kier molecular flexibility index (Phi) is 7.93. The number of anilines is 2. The van der Waals surface area contributed by atoms with Crippen molar-refractivity contribution < 1.29 is 23.5 Å². The highest BCUT2D eigenvalue weighted by Gasteiger charge is 2.20. The van der Waals surface area contributed by atoms with Gasteiger partial charge in [-0.05, 0) is 42.5 Å². The van der Waals surface area contributed by atoms with Crippen molar-refractivity contribution in [2.45, 2.75) is 6.92 Å². The molecule has 1 N–H and O–H groups in total. The first-order valence-electron chi connectivity index (χ1n) is 9.71. The monoisotopic (exact) mass is 455 g/mol. The molecule has 0 atom stereocenters. The van der Waals surface area contributed by atoms with Gasteiger partial charge in [0.2, 0.25) is 11.8 Å². The van der Waals surface area contributed by atoms with Crippen molar-refractivity contribution in [1.29, 1.82) is 0 Å². The van der Waals surface area contributed by atoms with Crippen LogP contribution in [-0.2, 0) is 9.59 Å². The number of ether oxygens (including phenoxy) is 2. The number of benzene rings is 2. The molecule has 0 fully saturated rings. The zero-order chi connectivity index (χ0) is 22.9. The molecule has 2 aromatic carbocycles. The molecule has 166 valence electrons. The first kappa shape index (κ1) is 23.0. The maximum atomic E-state index is 14.1. The van der Waals surface area contributed by atoms with Gasteiger partial charge >= 0.3 is 0 Å². The van der Waals surface area contributed by atoms with Gasteiger partial charge in [0.05, 0.1) is 25.0 Å². The van der Waals surface area contributed by atoms with Crippen molar-refractivity contribution >= 4 is 40.0 Å². The van der Waals surface area contributed by atoms with E-state index >= 15 is 0 Å². The van der Waals surface area contributed by atoms with E-state index in [9.17, 15) is 14.0 Å². The van der Waals surface area contributed by atoms with E-state index in [0.717, 1.165) is 5.75 Å². The van der Waals surface area contributed by atoms with Crippen molar-refractivity contribution in [2.75, 3.05) is 25.2 Å². The Hall–Kier alpha value is -3.72. The number of para-hydroxylation sites is 1. The third-order valence-electron chi connectivity index (χ3n) is 4.24. The molecule has 9 heteroatoms. The van der Waals surface area contributed by atoms with Crippen LogP contribution in [0, 0.1) is 5.82 Å². The number of hydrogen-bond donors (Lipinski definition) is 1. The Morgan fingerprint density at radius 2 is 1.88 bits per heavy atom. The number of methoxy groups -OCH3 is 1. The fourth-order valence-electron chi connectivity index (χ4n) is 2.73. The molecule has 3 aromatic rings. The van der Waals surface area contributed by atoms with Crippen molar-refractivity contribution in [1.82, 2.24) is 10.3 Å². The summed E-state index contributed by atoms with van der Waals surface area (Å²) in [5.74, 6) is 0.216. The predicted molar refractivity (Wildman–Crippen MR) is 122 cm³/mol. The molecule has 0 radical (unpaired) electrons. The van der Waals surface area contributed by atoms with E-state index in [-0.39, 0.29) is 17.5 Å².